The number of anilines is 1. The highest BCUT2D eigenvalue weighted by molar-refractivity contribution is 7.98. The van der Waals surface area contributed by atoms with E-state index in [1.165, 1.54) is 0 Å². The van der Waals surface area contributed by atoms with Gasteiger partial charge in [-0.25, -0.2) is 9.97 Å². The Bertz CT molecular complexity index is 925. The molecular weight excluding hydrogens is 392 g/mol. The Morgan fingerprint density at radius 3 is 2.86 bits per heavy atom. The minimum Gasteiger partial charge on any atom is -0.355 e. The van der Waals surface area contributed by atoms with Crippen LogP contribution in [-0.4, -0.2) is 51.2 Å². The van der Waals surface area contributed by atoms with Crippen molar-refractivity contribution in [1.29, 1.82) is 0 Å². The fourth-order valence-corrected chi connectivity index (χ4v) is 4.30. The molecular formula is C19H24N6OS2. The van der Waals surface area contributed by atoms with Gasteiger partial charge < -0.3 is 10.2 Å². The predicted molar refractivity (Wildman–Crippen MR) is 116 cm³/mol. The third kappa shape index (κ3) is 6.43. The van der Waals surface area contributed by atoms with Crippen LogP contribution in [-0.2, 0) is 18.7 Å². The Hall–Kier alpha value is -2.23. The number of pyridine rings is 1. The summed E-state index contributed by atoms with van der Waals surface area (Å²) in [6.45, 7) is 1.61. The van der Waals surface area contributed by atoms with Crippen molar-refractivity contribution in [2.75, 3.05) is 31.7 Å². The van der Waals surface area contributed by atoms with E-state index in [1.54, 1.807) is 29.9 Å². The molecule has 9 heteroatoms. The molecule has 3 heterocycles. The molecule has 0 aromatic carbocycles. The number of hydrogen-bond donors (Lipinski definition) is 2. The van der Waals surface area contributed by atoms with Crippen molar-refractivity contribution in [3.05, 3.63) is 68.3 Å². The average molecular weight is 417 g/mol. The van der Waals surface area contributed by atoms with Crippen LogP contribution in [0.15, 0.2) is 40.9 Å². The molecule has 148 valence electrons. The van der Waals surface area contributed by atoms with Gasteiger partial charge in [-0.05, 0) is 31.8 Å². The molecule has 28 heavy (non-hydrogen) atoms. The van der Waals surface area contributed by atoms with Gasteiger partial charge in [0, 0.05) is 60.6 Å². The number of thiazole rings is 1. The molecule has 0 aliphatic heterocycles. The molecule has 0 saturated carbocycles. The maximum atomic E-state index is 12.2. The molecule has 7 nitrogen and oxygen atoms in total. The third-order valence-corrected chi connectivity index (χ3v) is 5.73. The van der Waals surface area contributed by atoms with Gasteiger partial charge in [0.05, 0.1) is 5.69 Å². The molecule has 0 aliphatic carbocycles. The van der Waals surface area contributed by atoms with Crippen molar-refractivity contribution >= 4 is 29.0 Å². The lowest BCUT2D eigenvalue weighted by molar-refractivity contribution is 0.401. The van der Waals surface area contributed by atoms with Crippen LogP contribution in [0.5, 0.6) is 0 Å². The zero-order valence-electron chi connectivity index (χ0n) is 16.0. The van der Waals surface area contributed by atoms with Crippen LogP contribution < -0.4 is 10.9 Å². The predicted octanol–water partition coefficient (Wildman–Crippen LogP) is 2.62. The van der Waals surface area contributed by atoms with E-state index in [4.69, 9.17) is 0 Å². The topological polar surface area (TPSA) is 86.8 Å². The van der Waals surface area contributed by atoms with Crippen LogP contribution in [0.25, 0.3) is 0 Å². The molecule has 3 rings (SSSR count). The molecule has 0 bridgehead atoms. The van der Waals surface area contributed by atoms with E-state index < -0.39 is 0 Å². The second kappa shape index (κ2) is 10.4. The highest BCUT2D eigenvalue weighted by atomic mass is 32.2. The second-order valence-electron chi connectivity index (χ2n) is 6.57. The van der Waals surface area contributed by atoms with Crippen molar-refractivity contribution in [2.24, 2.45) is 0 Å². The van der Waals surface area contributed by atoms with Crippen LogP contribution in [0.4, 0.5) is 5.95 Å². The molecule has 0 unspecified atom stereocenters. The maximum Gasteiger partial charge on any atom is 0.255 e. The number of aromatic nitrogens is 4. The van der Waals surface area contributed by atoms with Crippen molar-refractivity contribution in [2.45, 2.75) is 18.7 Å². The van der Waals surface area contributed by atoms with Gasteiger partial charge in [-0.15, -0.1) is 11.3 Å². The molecule has 0 fully saturated rings. The fourth-order valence-electron chi connectivity index (χ4n) is 2.53. The SMILES string of the molecule is CN(C)Cc1nc(CSCCNc2ncc(Cc3ccncc3)c(=O)[nH]2)cs1. The second-order valence-corrected chi connectivity index (χ2v) is 8.62. The summed E-state index contributed by atoms with van der Waals surface area (Å²) in [4.78, 5) is 30.1. The molecule has 3 aromatic rings. The van der Waals surface area contributed by atoms with Crippen LogP contribution in [0.3, 0.4) is 0 Å². The largest absolute Gasteiger partial charge is 0.355 e. The number of H-pyrrole nitrogens is 1. The molecule has 3 aromatic heterocycles. The van der Waals surface area contributed by atoms with Gasteiger partial charge in [-0.1, -0.05) is 0 Å². The number of nitrogens with one attached hydrogen (secondary N) is 2. The van der Waals surface area contributed by atoms with E-state index in [9.17, 15) is 4.79 Å². The minimum absolute atomic E-state index is 0.113. The van der Waals surface area contributed by atoms with Crippen LogP contribution in [0.1, 0.15) is 21.8 Å². The molecule has 0 aliphatic rings. The van der Waals surface area contributed by atoms with E-state index in [0.717, 1.165) is 40.9 Å². The van der Waals surface area contributed by atoms with Crippen LogP contribution in [0.2, 0.25) is 0 Å². The van der Waals surface area contributed by atoms with Gasteiger partial charge in [0.1, 0.15) is 5.01 Å². The maximum absolute atomic E-state index is 12.2. The molecule has 0 saturated heterocycles. The summed E-state index contributed by atoms with van der Waals surface area (Å²) >= 11 is 3.52. The Labute approximate surface area is 172 Å². The fraction of sp³-hybridized carbons (Fsp3) is 0.368. The van der Waals surface area contributed by atoms with E-state index in [-0.39, 0.29) is 5.56 Å². The quantitative estimate of drug-likeness (QED) is 0.491. The molecule has 0 spiro atoms. The molecule has 0 atom stereocenters. The van der Waals surface area contributed by atoms with Crippen molar-refractivity contribution in [1.82, 2.24) is 24.8 Å². The summed E-state index contributed by atoms with van der Waals surface area (Å²) in [5, 5.41) is 6.44. The lowest BCUT2D eigenvalue weighted by atomic mass is 10.1. The summed E-state index contributed by atoms with van der Waals surface area (Å²) in [6.07, 6.45) is 5.62. The van der Waals surface area contributed by atoms with Gasteiger partial charge in [0.2, 0.25) is 5.95 Å². The Morgan fingerprint density at radius 2 is 2.11 bits per heavy atom. The first-order valence-electron chi connectivity index (χ1n) is 8.97. The van der Waals surface area contributed by atoms with E-state index in [1.807, 2.05) is 38.0 Å². The summed E-state index contributed by atoms with van der Waals surface area (Å²) in [5.41, 5.74) is 2.69. The average Bonchev–Trinajstić information content (AvgIpc) is 3.11. The Morgan fingerprint density at radius 1 is 1.29 bits per heavy atom. The third-order valence-electron chi connectivity index (χ3n) is 3.86. The normalized spacial score (nSPS) is 11.1. The molecule has 0 amide bonds. The Balaban J connectivity index is 1.41. The van der Waals surface area contributed by atoms with Gasteiger partial charge in [0.15, 0.2) is 0 Å². The lowest BCUT2D eigenvalue weighted by Crippen LogP contribution is -2.18. The highest BCUT2D eigenvalue weighted by Gasteiger charge is 2.05. The minimum atomic E-state index is -0.113. The standard InChI is InChI=1S/C19H24N6OS2/c1-25(2)11-17-23-16(13-28-17)12-27-8-7-21-19-22-10-15(18(26)24-19)9-14-3-5-20-6-4-14/h3-6,10,13H,7-9,11-12H2,1-2H3,(H2,21,22,24,26). The summed E-state index contributed by atoms with van der Waals surface area (Å²) < 4.78 is 0. The first kappa shape index (κ1) is 20.5. The van der Waals surface area contributed by atoms with Gasteiger partial charge in [0.25, 0.3) is 5.56 Å². The van der Waals surface area contributed by atoms with Gasteiger partial charge in [-0.3, -0.25) is 14.8 Å². The zero-order chi connectivity index (χ0) is 19.8. The van der Waals surface area contributed by atoms with E-state index >= 15 is 0 Å². The summed E-state index contributed by atoms with van der Waals surface area (Å²) in [6, 6.07) is 3.79. The number of rotatable bonds is 10. The first-order chi connectivity index (χ1) is 13.6. The molecule has 2 N–H and O–H groups in total. The number of hydrogen-bond acceptors (Lipinski definition) is 8. The zero-order valence-corrected chi connectivity index (χ0v) is 17.6. The Kier molecular flexibility index (Phi) is 7.58. The van der Waals surface area contributed by atoms with E-state index in [2.05, 4.69) is 35.5 Å². The van der Waals surface area contributed by atoms with Gasteiger partial charge in [-0.2, -0.15) is 11.8 Å². The summed E-state index contributed by atoms with van der Waals surface area (Å²) in [5.74, 6) is 2.30. The number of aromatic amines is 1. The monoisotopic (exact) mass is 416 g/mol. The van der Waals surface area contributed by atoms with Gasteiger partial charge >= 0.3 is 0 Å². The highest BCUT2D eigenvalue weighted by Crippen LogP contribution is 2.16. The van der Waals surface area contributed by atoms with Crippen molar-refractivity contribution in [3.63, 3.8) is 0 Å². The smallest absolute Gasteiger partial charge is 0.255 e. The number of nitrogens with zero attached hydrogens (tertiary/aromatic N) is 4. The first-order valence-corrected chi connectivity index (χ1v) is 11.0. The van der Waals surface area contributed by atoms with Crippen molar-refractivity contribution in [3.8, 4) is 0 Å². The van der Waals surface area contributed by atoms with Crippen molar-refractivity contribution < 1.29 is 0 Å². The summed E-state index contributed by atoms with van der Waals surface area (Å²) in [7, 11) is 4.09. The number of thioether (sulfide) groups is 1. The van der Waals surface area contributed by atoms with E-state index in [0.29, 0.717) is 17.9 Å². The lowest BCUT2D eigenvalue weighted by Gasteiger charge is -2.06. The van der Waals surface area contributed by atoms with Crippen LogP contribution in [0, 0.1) is 0 Å². The van der Waals surface area contributed by atoms with Crippen LogP contribution >= 0.6 is 23.1 Å². The molecule has 0 radical (unpaired) electrons.